The third-order valence-corrected chi connectivity index (χ3v) is 4.68. The van der Waals surface area contributed by atoms with Gasteiger partial charge in [-0.05, 0) is 31.2 Å². The van der Waals surface area contributed by atoms with Crippen molar-refractivity contribution >= 4 is 51.1 Å². The number of imidazole rings is 1. The Labute approximate surface area is 134 Å². The fourth-order valence-electron chi connectivity index (χ4n) is 2.53. The topological polar surface area (TPSA) is 66.6 Å². The third kappa shape index (κ3) is 1.92. The van der Waals surface area contributed by atoms with Gasteiger partial charge in [-0.25, -0.2) is 4.98 Å². The molecule has 0 unspecified atom stereocenters. The Balaban J connectivity index is 1.94. The smallest absolute Gasteiger partial charge is 0.256 e. The van der Waals surface area contributed by atoms with Crippen LogP contribution in [0.2, 0.25) is 5.15 Å². The lowest BCUT2D eigenvalue weighted by molar-refractivity contribution is -0.110. The second kappa shape index (κ2) is 4.59. The SMILES string of the molecule is Cc1cn2c(/C=C3/C(=O)Nc4ccc(O)cc43)c(Cl)nc2s1. The molecule has 2 aromatic heterocycles. The summed E-state index contributed by atoms with van der Waals surface area (Å²) in [5.74, 6) is -0.115. The molecule has 1 amide bonds. The van der Waals surface area contributed by atoms with Gasteiger partial charge in [0.2, 0.25) is 0 Å². The normalized spacial score (nSPS) is 15.5. The minimum Gasteiger partial charge on any atom is -0.508 e. The number of aryl methyl sites for hydroxylation is 1. The molecule has 0 saturated carbocycles. The van der Waals surface area contributed by atoms with Gasteiger partial charge in [0.15, 0.2) is 10.1 Å². The van der Waals surface area contributed by atoms with Crippen LogP contribution in [0.15, 0.2) is 24.4 Å². The van der Waals surface area contributed by atoms with Crippen LogP contribution in [-0.4, -0.2) is 20.4 Å². The molecule has 3 aromatic rings. The van der Waals surface area contributed by atoms with Gasteiger partial charge in [0, 0.05) is 22.3 Å². The lowest BCUT2D eigenvalue weighted by Crippen LogP contribution is -2.03. The van der Waals surface area contributed by atoms with Crippen LogP contribution in [0.4, 0.5) is 5.69 Å². The molecule has 5 nitrogen and oxygen atoms in total. The number of thiazole rings is 1. The van der Waals surface area contributed by atoms with Gasteiger partial charge in [0.25, 0.3) is 5.91 Å². The van der Waals surface area contributed by atoms with E-state index in [1.54, 1.807) is 18.2 Å². The number of aromatic hydroxyl groups is 1. The van der Waals surface area contributed by atoms with E-state index in [2.05, 4.69) is 10.3 Å². The minimum atomic E-state index is -0.224. The summed E-state index contributed by atoms with van der Waals surface area (Å²) in [5, 5.41) is 12.8. The predicted octanol–water partition coefficient (Wildman–Crippen LogP) is 3.56. The van der Waals surface area contributed by atoms with E-state index in [-0.39, 0.29) is 11.7 Å². The first kappa shape index (κ1) is 13.4. The van der Waals surface area contributed by atoms with Gasteiger partial charge in [0.1, 0.15) is 5.75 Å². The number of halogens is 1. The first-order valence-corrected chi connectivity index (χ1v) is 7.73. The highest BCUT2D eigenvalue weighted by Gasteiger charge is 2.25. The van der Waals surface area contributed by atoms with Crippen LogP contribution in [0.5, 0.6) is 5.75 Å². The van der Waals surface area contributed by atoms with E-state index in [9.17, 15) is 9.90 Å². The fraction of sp³-hybridized carbons (Fsp3) is 0.0667. The first-order valence-electron chi connectivity index (χ1n) is 6.53. The molecule has 3 heterocycles. The van der Waals surface area contributed by atoms with Crippen molar-refractivity contribution < 1.29 is 9.90 Å². The van der Waals surface area contributed by atoms with Crippen molar-refractivity contribution in [1.82, 2.24) is 9.38 Å². The summed E-state index contributed by atoms with van der Waals surface area (Å²) in [6.45, 7) is 1.99. The molecule has 2 N–H and O–H groups in total. The molecule has 0 bridgehead atoms. The van der Waals surface area contributed by atoms with Gasteiger partial charge >= 0.3 is 0 Å². The number of hydrogen-bond acceptors (Lipinski definition) is 4. The number of amides is 1. The number of phenolic OH excluding ortho intramolecular Hbond substituents is 1. The summed E-state index contributed by atoms with van der Waals surface area (Å²) in [5.41, 5.74) is 2.44. The maximum Gasteiger partial charge on any atom is 0.256 e. The Bertz CT molecular complexity index is 971. The second-order valence-electron chi connectivity index (χ2n) is 5.02. The Morgan fingerprint density at radius 1 is 1.45 bits per heavy atom. The largest absolute Gasteiger partial charge is 0.508 e. The maximum absolute atomic E-state index is 12.2. The average Bonchev–Trinajstić information content (AvgIpc) is 3.04. The highest BCUT2D eigenvalue weighted by molar-refractivity contribution is 7.17. The van der Waals surface area contributed by atoms with Gasteiger partial charge in [-0.2, -0.15) is 0 Å². The van der Waals surface area contributed by atoms with E-state index in [4.69, 9.17) is 11.6 Å². The molecule has 0 atom stereocenters. The van der Waals surface area contributed by atoms with Gasteiger partial charge in [0.05, 0.1) is 11.3 Å². The van der Waals surface area contributed by atoms with Gasteiger partial charge < -0.3 is 10.4 Å². The van der Waals surface area contributed by atoms with E-state index in [1.807, 2.05) is 17.5 Å². The van der Waals surface area contributed by atoms with Crippen molar-refractivity contribution in [2.75, 3.05) is 5.32 Å². The molecule has 0 spiro atoms. The van der Waals surface area contributed by atoms with Crippen LogP contribution >= 0.6 is 22.9 Å². The molecule has 0 aliphatic carbocycles. The average molecular weight is 332 g/mol. The summed E-state index contributed by atoms with van der Waals surface area (Å²) in [4.78, 5) is 18.4. The summed E-state index contributed by atoms with van der Waals surface area (Å²) in [6, 6.07) is 4.77. The molecule has 7 heteroatoms. The zero-order chi connectivity index (χ0) is 15.4. The number of hydrogen-bond donors (Lipinski definition) is 2. The molecule has 0 fully saturated rings. The lowest BCUT2D eigenvalue weighted by Gasteiger charge is -1.99. The first-order chi connectivity index (χ1) is 10.5. The van der Waals surface area contributed by atoms with E-state index in [0.717, 1.165) is 9.84 Å². The van der Waals surface area contributed by atoms with Crippen LogP contribution < -0.4 is 5.32 Å². The highest BCUT2D eigenvalue weighted by Crippen LogP contribution is 2.36. The number of fused-ring (bicyclic) bond motifs is 2. The molecular weight excluding hydrogens is 322 g/mol. The van der Waals surface area contributed by atoms with Crippen molar-refractivity contribution in [3.8, 4) is 5.75 Å². The van der Waals surface area contributed by atoms with Crippen molar-refractivity contribution in [3.05, 3.63) is 45.7 Å². The Morgan fingerprint density at radius 3 is 3.09 bits per heavy atom. The molecule has 1 aromatic carbocycles. The third-order valence-electron chi connectivity index (χ3n) is 3.50. The number of carbonyl (C=O) groups is 1. The van der Waals surface area contributed by atoms with E-state index < -0.39 is 0 Å². The fourth-order valence-corrected chi connectivity index (χ4v) is 3.64. The quantitative estimate of drug-likeness (QED) is 0.529. The molecule has 110 valence electrons. The number of nitrogens with one attached hydrogen (secondary N) is 1. The Morgan fingerprint density at radius 2 is 2.27 bits per heavy atom. The predicted molar refractivity (Wildman–Crippen MR) is 87.4 cm³/mol. The van der Waals surface area contributed by atoms with Crippen LogP contribution in [0.1, 0.15) is 16.1 Å². The van der Waals surface area contributed by atoms with Crippen molar-refractivity contribution in [1.29, 1.82) is 0 Å². The van der Waals surface area contributed by atoms with Gasteiger partial charge in [-0.1, -0.05) is 11.6 Å². The molecule has 4 rings (SSSR count). The van der Waals surface area contributed by atoms with Crippen molar-refractivity contribution in [2.24, 2.45) is 0 Å². The van der Waals surface area contributed by atoms with Crippen molar-refractivity contribution in [3.63, 3.8) is 0 Å². The van der Waals surface area contributed by atoms with Crippen molar-refractivity contribution in [2.45, 2.75) is 6.92 Å². The van der Waals surface area contributed by atoms with Crippen LogP contribution in [0.25, 0.3) is 16.6 Å². The van der Waals surface area contributed by atoms with E-state index >= 15 is 0 Å². The van der Waals surface area contributed by atoms with Crippen LogP contribution in [-0.2, 0) is 4.79 Å². The number of carbonyl (C=O) groups excluding carboxylic acids is 1. The summed E-state index contributed by atoms with van der Waals surface area (Å²) >= 11 is 7.73. The van der Waals surface area contributed by atoms with E-state index in [1.165, 1.54) is 17.4 Å². The summed E-state index contributed by atoms with van der Waals surface area (Å²) in [6.07, 6.45) is 3.64. The number of anilines is 1. The zero-order valence-corrected chi connectivity index (χ0v) is 13.0. The number of nitrogens with zero attached hydrogens (tertiary/aromatic N) is 2. The van der Waals surface area contributed by atoms with E-state index in [0.29, 0.717) is 27.7 Å². The molecular formula is C15H10ClN3O2S. The van der Waals surface area contributed by atoms with Gasteiger partial charge in [-0.15, -0.1) is 11.3 Å². The Kier molecular flexibility index (Phi) is 2.79. The minimum absolute atomic E-state index is 0.108. The lowest BCUT2D eigenvalue weighted by atomic mass is 10.1. The molecule has 0 saturated heterocycles. The molecule has 1 aliphatic rings. The van der Waals surface area contributed by atoms with Gasteiger partial charge in [-0.3, -0.25) is 9.20 Å². The molecule has 1 aliphatic heterocycles. The number of rotatable bonds is 1. The van der Waals surface area contributed by atoms with Crippen LogP contribution in [0.3, 0.4) is 0 Å². The number of benzene rings is 1. The second-order valence-corrected chi connectivity index (χ2v) is 6.60. The molecule has 0 radical (unpaired) electrons. The summed E-state index contributed by atoms with van der Waals surface area (Å²) in [7, 11) is 0. The number of aromatic nitrogens is 2. The standard InChI is InChI=1S/C15H10ClN3O2S/c1-7-6-19-12(13(16)18-15(19)22-7)5-10-9-4-8(20)2-3-11(9)17-14(10)21/h2-6,20H,1H3,(H,17,21)/b10-5+. The maximum atomic E-state index is 12.2. The monoisotopic (exact) mass is 331 g/mol. The molecule has 22 heavy (non-hydrogen) atoms. The highest BCUT2D eigenvalue weighted by atomic mass is 35.5. The number of phenols is 1. The zero-order valence-electron chi connectivity index (χ0n) is 11.4. The Hall–Kier alpha value is -2.31. The summed E-state index contributed by atoms with van der Waals surface area (Å²) < 4.78 is 1.86. The van der Waals surface area contributed by atoms with Crippen LogP contribution in [0, 0.1) is 6.92 Å².